The summed E-state index contributed by atoms with van der Waals surface area (Å²) in [5, 5.41) is 8.92. The monoisotopic (exact) mass is 425 g/mol. The van der Waals surface area contributed by atoms with Crippen molar-refractivity contribution in [3.8, 4) is 0 Å². The predicted molar refractivity (Wildman–Crippen MR) is 122 cm³/mol. The van der Waals surface area contributed by atoms with E-state index in [4.69, 9.17) is 34.2 Å². The summed E-state index contributed by atoms with van der Waals surface area (Å²) in [4.78, 5) is 16.8. The van der Waals surface area contributed by atoms with Crippen molar-refractivity contribution in [2.24, 2.45) is 22.2 Å². The van der Waals surface area contributed by atoms with Crippen molar-refractivity contribution in [3.63, 3.8) is 0 Å². The van der Waals surface area contributed by atoms with Gasteiger partial charge >= 0.3 is 0 Å². The third kappa shape index (κ3) is 5.06. The first-order chi connectivity index (χ1) is 14.4. The average molecular weight is 426 g/mol. The van der Waals surface area contributed by atoms with Gasteiger partial charge in [-0.15, -0.1) is 0 Å². The van der Waals surface area contributed by atoms with Gasteiger partial charge in [-0.1, -0.05) is 24.3 Å². The molecule has 1 aliphatic rings. The largest absolute Gasteiger partial charge is 0.370 e. The van der Waals surface area contributed by atoms with Gasteiger partial charge in [0.25, 0.3) is 5.95 Å². The Morgan fingerprint density at radius 1 is 1.13 bits per heavy atom. The Morgan fingerprint density at radius 2 is 1.83 bits per heavy atom. The van der Waals surface area contributed by atoms with Crippen molar-refractivity contribution < 1.29 is 0 Å². The lowest BCUT2D eigenvalue weighted by Gasteiger charge is -2.36. The van der Waals surface area contributed by atoms with Crippen LogP contribution in [0.25, 0.3) is 17.0 Å². The molecule has 1 aromatic heterocycles. The Kier molecular flexibility index (Phi) is 6.53. The zero-order valence-electron chi connectivity index (χ0n) is 16.4. The number of nitrogens with two attached hydrogens (primary N) is 3. The number of nitrogens with one attached hydrogen (secondary N) is 1. The normalized spacial score (nSPS) is 14.9. The molecule has 1 aromatic carbocycles. The average Bonchev–Trinajstić information content (AvgIpc) is 2.71. The molecule has 0 amide bonds. The lowest BCUT2D eigenvalue weighted by molar-refractivity contribution is 0.225. The second-order valence-corrected chi connectivity index (χ2v) is 7.06. The highest BCUT2D eigenvalue weighted by molar-refractivity contribution is 6.31. The minimum Gasteiger partial charge on any atom is -0.370 e. The van der Waals surface area contributed by atoms with Crippen molar-refractivity contribution in [2.75, 3.05) is 26.2 Å². The van der Waals surface area contributed by atoms with E-state index in [2.05, 4.69) is 26.4 Å². The van der Waals surface area contributed by atoms with Crippen LogP contribution in [0.4, 0.5) is 5.95 Å². The lowest BCUT2D eigenvalue weighted by atomic mass is 10.1. The van der Waals surface area contributed by atoms with E-state index in [-0.39, 0.29) is 17.9 Å². The fourth-order valence-corrected chi connectivity index (χ4v) is 3.32. The van der Waals surface area contributed by atoms with Gasteiger partial charge in [-0.3, -0.25) is 5.41 Å². The molecule has 2 aromatic rings. The quantitative estimate of drug-likeness (QED) is 0.324. The number of guanidine groups is 2. The fraction of sp³-hybridized carbons (Fsp3) is 0.200. The van der Waals surface area contributed by atoms with Gasteiger partial charge in [0.2, 0.25) is 0 Å². The molecule has 2 heterocycles. The predicted octanol–water partition coefficient (Wildman–Crippen LogP) is 1.78. The van der Waals surface area contributed by atoms with Crippen molar-refractivity contribution >= 4 is 46.4 Å². The van der Waals surface area contributed by atoms with E-state index in [9.17, 15) is 0 Å². The number of allylic oxidation sites excluding steroid dienone is 3. The molecule has 3 rings (SSSR count). The molecule has 9 nitrogen and oxygen atoms in total. The zero-order chi connectivity index (χ0) is 21.7. The van der Waals surface area contributed by atoms with E-state index in [1.807, 2.05) is 23.1 Å². The first kappa shape index (κ1) is 21.1. The summed E-state index contributed by atoms with van der Waals surface area (Å²) in [7, 11) is 0. The molecule has 0 saturated carbocycles. The molecule has 0 atom stereocenters. The van der Waals surface area contributed by atoms with Crippen LogP contribution in [-0.4, -0.2) is 57.9 Å². The van der Waals surface area contributed by atoms with Crippen molar-refractivity contribution in [1.82, 2.24) is 19.8 Å². The van der Waals surface area contributed by atoms with Crippen LogP contribution in [0.5, 0.6) is 0 Å². The number of aromatic nitrogens is 2. The maximum Gasteiger partial charge on any atom is 0.253 e. The third-order valence-corrected chi connectivity index (χ3v) is 4.86. The fourth-order valence-electron chi connectivity index (χ4n) is 3.15. The number of aliphatic imine (C=N–C) groups is 1. The summed E-state index contributed by atoms with van der Waals surface area (Å²) >= 11 is 6.15. The van der Waals surface area contributed by atoms with Crippen LogP contribution in [-0.2, 0) is 0 Å². The van der Waals surface area contributed by atoms with E-state index in [0.29, 0.717) is 29.3 Å². The Hall–Kier alpha value is -3.59. The molecule has 0 spiro atoms. The second-order valence-electron chi connectivity index (χ2n) is 6.62. The molecule has 156 valence electrons. The van der Waals surface area contributed by atoms with E-state index in [1.165, 1.54) is 0 Å². The van der Waals surface area contributed by atoms with Crippen molar-refractivity contribution in [2.45, 2.75) is 0 Å². The van der Waals surface area contributed by atoms with Crippen LogP contribution < -0.4 is 17.2 Å². The third-order valence-electron chi connectivity index (χ3n) is 4.62. The van der Waals surface area contributed by atoms with Crippen LogP contribution in [0, 0.1) is 5.41 Å². The Labute approximate surface area is 179 Å². The number of nitrogens with zero attached hydrogens (tertiary/aromatic N) is 5. The van der Waals surface area contributed by atoms with Crippen molar-refractivity contribution in [1.29, 1.82) is 5.41 Å². The Morgan fingerprint density at radius 3 is 2.47 bits per heavy atom. The highest BCUT2D eigenvalue weighted by Crippen LogP contribution is 2.24. The molecule has 0 radical (unpaired) electrons. The molecule has 1 fully saturated rings. The summed E-state index contributed by atoms with van der Waals surface area (Å²) in [5.41, 5.74) is 18.8. The maximum absolute atomic E-state index is 7.55. The number of fused-ring (bicyclic) bond motifs is 1. The molecular formula is C20H24ClN9. The molecule has 30 heavy (non-hydrogen) atoms. The van der Waals surface area contributed by atoms with Gasteiger partial charge in [0.15, 0.2) is 11.9 Å². The molecule has 0 unspecified atom stereocenters. The van der Waals surface area contributed by atoms with Crippen molar-refractivity contribution in [3.05, 3.63) is 59.4 Å². The maximum atomic E-state index is 7.55. The number of benzene rings is 1. The number of rotatable bonds is 5. The van der Waals surface area contributed by atoms with Crippen LogP contribution in [0.3, 0.4) is 0 Å². The van der Waals surface area contributed by atoms with Gasteiger partial charge in [0.1, 0.15) is 0 Å². The van der Waals surface area contributed by atoms with E-state index in [0.717, 1.165) is 24.2 Å². The van der Waals surface area contributed by atoms with Gasteiger partial charge in [0.05, 0.1) is 11.2 Å². The van der Waals surface area contributed by atoms with E-state index in [1.54, 1.807) is 24.3 Å². The first-order valence-corrected chi connectivity index (χ1v) is 9.67. The smallest absolute Gasteiger partial charge is 0.253 e. The molecule has 1 saturated heterocycles. The molecule has 10 heteroatoms. The standard InChI is InChI=1S/C20H24ClN9/c1-2-14(29-8-10-30(11-9-29)19(24)25)4-3-5-16-15-12-13(21)6-7-17(15)27-20(26-16)28-18(22)23/h2-7,12H,1,8-11H2,(H3,24,25)(H4,22,23,26,27,28)/b5-3+,14-4+. The van der Waals surface area contributed by atoms with Gasteiger partial charge in [-0.25, -0.2) is 9.97 Å². The molecule has 1 aliphatic heterocycles. The molecule has 7 N–H and O–H groups in total. The Balaban J connectivity index is 1.88. The number of halogens is 1. The summed E-state index contributed by atoms with van der Waals surface area (Å²) in [5.74, 6) is 0.166. The molecule has 0 bridgehead atoms. The summed E-state index contributed by atoms with van der Waals surface area (Å²) in [6.45, 7) is 6.81. The summed E-state index contributed by atoms with van der Waals surface area (Å²) in [6.07, 6.45) is 7.49. The minimum absolute atomic E-state index is 0.101. The van der Waals surface area contributed by atoms with Crippen LogP contribution >= 0.6 is 11.6 Å². The lowest BCUT2D eigenvalue weighted by Crippen LogP contribution is -2.50. The highest BCUT2D eigenvalue weighted by atomic mass is 35.5. The number of hydrogen-bond donors (Lipinski definition) is 4. The van der Waals surface area contributed by atoms with Gasteiger partial charge in [-0.2, -0.15) is 4.99 Å². The number of hydrogen-bond acceptors (Lipinski definition) is 5. The highest BCUT2D eigenvalue weighted by Gasteiger charge is 2.17. The first-order valence-electron chi connectivity index (χ1n) is 9.29. The van der Waals surface area contributed by atoms with Gasteiger partial charge < -0.3 is 27.0 Å². The molecule has 0 aliphatic carbocycles. The van der Waals surface area contributed by atoms with Gasteiger partial charge in [-0.05, 0) is 36.4 Å². The van der Waals surface area contributed by atoms with Crippen LogP contribution in [0.2, 0.25) is 5.02 Å². The van der Waals surface area contributed by atoms with E-state index >= 15 is 0 Å². The summed E-state index contributed by atoms with van der Waals surface area (Å²) in [6, 6.07) is 5.34. The van der Waals surface area contributed by atoms with Gasteiger partial charge in [0, 0.05) is 42.3 Å². The molecular weight excluding hydrogens is 402 g/mol. The van der Waals surface area contributed by atoms with E-state index < -0.39 is 0 Å². The Bertz CT molecular complexity index is 1050. The minimum atomic E-state index is -0.114. The zero-order valence-corrected chi connectivity index (χ0v) is 17.2. The number of piperazine rings is 1. The topological polar surface area (TPSA) is 147 Å². The second kappa shape index (κ2) is 9.27. The summed E-state index contributed by atoms with van der Waals surface area (Å²) < 4.78 is 0. The van der Waals surface area contributed by atoms with Crippen LogP contribution in [0.1, 0.15) is 5.69 Å². The SMILES string of the molecule is C=C/C(=C\C=C\c1nc(N=C(N)N)nc2ccc(Cl)cc12)N1CCN(C(=N)N)CC1. The van der Waals surface area contributed by atoms with Crippen LogP contribution in [0.15, 0.2) is 53.7 Å².